The van der Waals surface area contributed by atoms with Crippen LogP contribution in [-0.2, 0) is 6.42 Å². The number of hydrogen-bond acceptors (Lipinski definition) is 0. The van der Waals surface area contributed by atoms with Gasteiger partial charge in [0.15, 0.2) is 11.8 Å². The van der Waals surface area contributed by atoms with E-state index in [0.717, 1.165) is 6.54 Å². The Morgan fingerprint density at radius 2 is 1.88 bits per heavy atom. The van der Waals surface area contributed by atoms with E-state index in [1.54, 1.807) is 0 Å². The van der Waals surface area contributed by atoms with Crippen molar-refractivity contribution in [1.82, 2.24) is 0 Å². The summed E-state index contributed by atoms with van der Waals surface area (Å²) in [7, 11) is 0. The van der Waals surface area contributed by atoms with Crippen molar-refractivity contribution in [2.75, 3.05) is 6.54 Å². The van der Waals surface area contributed by atoms with Crippen LogP contribution in [-0.4, -0.2) is 22.9 Å². The highest BCUT2D eigenvalue weighted by atomic mass is 15.0. The molecule has 16 heavy (non-hydrogen) atoms. The van der Waals surface area contributed by atoms with Gasteiger partial charge in [0.2, 0.25) is 0 Å². The minimum absolute atomic E-state index is 0.648. The standard InChI is InChI=1S/C13H18N.C2H6/c1-4-14-10(2)9-12-7-5-6-8-13(12)11(14)3;1-2/h5-8,10H,4,9H2,1-3H3;1-2H3/q+1;. The lowest BCUT2D eigenvalue weighted by Crippen LogP contribution is -2.35. The Morgan fingerprint density at radius 3 is 2.50 bits per heavy atom. The van der Waals surface area contributed by atoms with Gasteiger partial charge in [0, 0.05) is 18.9 Å². The molecule has 1 unspecified atom stereocenters. The highest BCUT2D eigenvalue weighted by Gasteiger charge is 2.26. The molecular formula is C15H24N+. The Hall–Kier alpha value is -1.11. The van der Waals surface area contributed by atoms with Crippen LogP contribution in [0.2, 0.25) is 0 Å². The van der Waals surface area contributed by atoms with Gasteiger partial charge in [0.25, 0.3) is 0 Å². The Labute approximate surface area is 99.8 Å². The number of rotatable bonds is 1. The minimum atomic E-state index is 0.648. The van der Waals surface area contributed by atoms with E-state index in [-0.39, 0.29) is 0 Å². The SMILES string of the molecule is CC.CC[N+]1=C(C)c2ccccc2CC1C. The molecule has 1 aromatic rings. The lowest BCUT2D eigenvalue weighted by Gasteiger charge is -2.21. The first-order valence-corrected chi connectivity index (χ1v) is 6.42. The third-order valence-electron chi connectivity index (χ3n) is 3.23. The van der Waals surface area contributed by atoms with Gasteiger partial charge in [-0.05, 0) is 25.5 Å². The third-order valence-corrected chi connectivity index (χ3v) is 3.23. The molecule has 1 nitrogen and oxygen atoms in total. The quantitative estimate of drug-likeness (QED) is 0.635. The molecule has 1 atom stereocenters. The van der Waals surface area contributed by atoms with Gasteiger partial charge in [-0.3, -0.25) is 0 Å². The highest BCUT2D eigenvalue weighted by molar-refractivity contribution is 5.96. The summed E-state index contributed by atoms with van der Waals surface area (Å²) in [4.78, 5) is 0. The molecule has 0 bridgehead atoms. The second kappa shape index (κ2) is 5.83. The van der Waals surface area contributed by atoms with Crippen LogP contribution in [0.25, 0.3) is 0 Å². The summed E-state index contributed by atoms with van der Waals surface area (Å²) in [6, 6.07) is 9.41. The van der Waals surface area contributed by atoms with Crippen LogP contribution in [0.1, 0.15) is 45.7 Å². The minimum Gasteiger partial charge on any atom is -0.231 e. The molecule has 0 radical (unpaired) electrons. The van der Waals surface area contributed by atoms with Crippen LogP contribution >= 0.6 is 0 Å². The summed E-state index contributed by atoms with van der Waals surface area (Å²) in [5.41, 5.74) is 4.37. The fourth-order valence-electron chi connectivity index (χ4n) is 2.51. The zero-order valence-corrected chi connectivity index (χ0v) is 11.2. The Morgan fingerprint density at radius 1 is 1.25 bits per heavy atom. The largest absolute Gasteiger partial charge is 0.231 e. The normalized spacial score (nSPS) is 18.7. The van der Waals surface area contributed by atoms with E-state index in [1.165, 1.54) is 23.3 Å². The first kappa shape index (κ1) is 13.0. The van der Waals surface area contributed by atoms with Gasteiger partial charge in [-0.25, -0.2) is 4.58 Å². The van der Waals surface area contributed by atoms with E-state index in [1.807, 2.05) is 13.8 Å². The molecule has 0 aliphatic carbocycles. The number of nitrogens with zero attached hydrogens (tertiary/aromatic N) is 1. The predicted molar refractivity (Wildman–Crippen MR) is 71.5 cm³/mol. The maximum absolute atomic E-state index is 2.49. The van der Waals surface area contributed by atoms with Crippen LogP contribution in [0, 0.1) is 0 Å². The lowest BCUT2D eigenvalue weighted by molar-refractivity contribution is -0.560. The first-order chi connectivity index (χ1) is 7.74. The Kier molecular flexibility index (Phi) is 4.72. The fourth-order valence-corrected chi connectivity index (χ4v) is 2.51. The van der Waals surface area contributed by atoms with Crippen molar-refractivity contribution in [3.63, 3.8) is 0 Å². The summed E-state index contributed by atoms with van der Waals surface area (Å²) in [6.45, 7) is 11.9. The second-order valence-electron chi connectivity index (χ2n) is 4.08. The topological polar surface area (TPSA) is 3.01 Å². The summed E-state index contributed by atoms with van der Waals surface area (Å²) in [5, 5.41) is 0. The van der Waals surface area contributed by atoms with Crippen molar-refractivity contribution in [2.45, 2.75) is 47.1 Å². The maximum Gasteiger partial charge on any atom is 0.180 e. The van der Waals surface area contributed by atoms with Gasteiger partial charge >= 0.3 is 0 Å². The molecule has 0 fully saturated rings. The smallest absolute Gasteiger partial charge is 0.180 e. The van der Waals surface area contributed by atoms with Gasteiger partial charge in [-0.1, -0.05) is 32.0 Å². The number of benzene rings is 1. The van der Waals surface area contributed by atoms with Crippen LogP contribution in [0.3, 0.4) is 0 Å². The zero-order valence-electron chi connectivity index (χ0n) is 11.2. The lowest BCUT2D eigenvalue weighted by atomic mass is 9.94. The van der Waals surface area contributed by atoms with Gasteiger partial charge in [-0.15, -0.1) is 0 Å². The van der Waals surface area contributed by atoms with Crippen molar-refractivity contribution in [1.29, 1.82) is 0 Å². The maximum atomic E-state index is 2.49. The fraction of sp³-hybridized carbons (Fsp3) is 0.533. The van der Waals surface area contributed by atoms with Gasteiger partial charge in [0.05, 0.1) is 0 Å². The van der Waals surface area contributed by atoms with Crippen molar-refractivity contribution >= 4 is 5.71 Å². The van der Waals surface area contributed by atoms with E-state index in [0.29, 0.717) is 6.04 Å². The van der Waals surface area contributed by atoms with E-state index in [9.17, 15) is 0 Å². The highest BCUT2D eigenvalue weighted by Crippen LogP contribution is 2.18. The summed E-state index contributed by atoms with van der Waals surface area (Å²) in [6.07, 6.45) is 1.18. The third kappa shape index (κ3) is 2.34. The molecule has 1 heteroatoms. The molecule has 88 valence electrons. The summed E-state index contributed by atoms with van der Waals surface area (Å²) >= 11 is 0. The Balaban J connectivity index is 0.000000606. The molecule has 0 spiro atoms. The van der Waals surface area contributed by atoms with E-state index in [2.05, 4.69) is 49.6 Å². The second-order valence-corrected chi connectivity index (χ2v) is 4.08. The molecule has 1 aliphatic heterocycles. The van der Waals surface area contributed by atoms with E-state index >= 15 is 0 Å². The Bertz CT molecular complexity index is 377. The molecule has 2 rings (SSSR count). The van der Waals surface area contributed by atoms with Crippen molar-refractivity contribution in [2.24, 2.45) is 0 Å². The van der Waals surface area contributed by atoms with Crippen molar-refractivity contribution in [3.05, 3.63) is 35.4 Å². The number of hydrogen-bond donors (Lipinski definition) is 0. The van der Waals surface area contributed by atoms with Crippen LogP contribution in [0.4, 0.5) is 0 Å². The predicted octanol–water partition coefficient (Wildman–Crippen LogP) is 3.50. The first-order valence-electron chi connectivity index (χ1n) is 6.42. The monoisotopic (exact) mass is 218 g/mol. The van der Waals surface area contributed by atoms with Crippen molar-refractivity contribution < 1.29 is 4.58 Å². The number of fused-ring (bicyclic) bond motifs is 1. The molecule has 0 saturated heterocycles. The molecule has 1 aliphatic rings. The summed E-state index contributed by atoms with van der Waals surface area (Å²) < 4.78 is 2.49. The summed E-state index contributed by atoms with van der Waals surface area (Å²) in [5.74, 6) is 0. The average Bonchev–Trinajstić information content (AvgIpc) is 2.32. The molecule has 1 aromatic carbocycles. The van der Waals surface area contributed by atoms with Crippen LogP contribution in [0.15, 0.2) is 24.3 Å². The van der Waals surface area contributed by atoms with Crippen molar-refractivity contribution in [3.8, 4) is 0 Å². The van der Waals surface area contributed by atoms with Crippen LogP contribution < -0.4 is 0 Å². The molecule has 0 amide bonds. The van der Waals surface area contributed by atoms with Gasteiger partial charge in [-0.2, -0.15) is 0 Å². The van der Waals surface area contributed by atoms with Crippen LogP contribution in [0.5, 0.6) is 0 Å². The molecule has 1 heterocycles. The van der Waals surface area contributed by atoms with E-state index in [4.69, 9.17) is 0 Å². The molecule has 0 saturated carbocycles. The molecular weight excluding hydrogens is 194 g/mol. The average molecular weight is 218 g/mol. The number of likely N-dealkylation sites (N-methyl/N-ethyl adjacent to an activating group) is 1. The molecule has 0 N–H and O–H groups in total. The van der Waals surface area contributed by atoms with E-state index < -0.39 is 0 Å². The van der Waals surface area contributed by atoms with Gasteiger partial charge < -0.3 is 0 Å². The van der Waals surface area contributed by atoms with Gasteiger partial charge in [0.1, 0.15) is 6.54 Å². The molecule has 0 aromatic heterocycles. The zero-order chi connectivity index (χ0) is 12.1.